The van der Waals surface area contributed by atoms with Crippen LogP contribution in [0.5, 0.6) is 0 Å². The van der Waals surface area contributed by atoms with Crippen LogP contribution in [0, 0.1) is 16.0 Å². The molecule has 0 unspecified atom stereocenters. The van der Waals surface area contributed by atoms with Crippen molar-refractivity contribution in [2.75, 3.05) is 13.2 Å². The molecule has 0 saturated carbocycles. The molecule has 2 rings (SSSR count). The standard InChI is InChI=1S/C18H24N2O6/c1-12(2)26-17(21)11-15(14-5-3-4-6-16(14)20(23)24)19-18(22)13-7-9-25-10-8-13/h3-6,12-13,15H,7-11H2,1-2H3,(H,19,22)/t15-/m1/s1. The molecule has 142 valence electrons. The van der Waals surface area contributed by atoms with E-state index in [4.69, 9.17) is 9.47 Å². The fourth-order valence-electron chi connectivity index (χ4n) is 2.91. The van der Waals surface area contributed by atoms with Gasteiger partial charge in [-0.25, -0.2) is 0 Å². The van der Waals surface area contributed by atoms with Crippen molar-refractivity contribution in [3.05, 3.63) is 39.9 Å². The summed E-state index contributed by atoms with van der Waals surface area (Å²) >= 11 is 0. The zero-order valence-corrected chi connectivity index (χ0v) is 15.0. The summed E-state index contributed by atoms with van der Waals surface area (Å²) in [5, 5.41) is 14.1. The summed E-state index contributed by atoms with van der Waals surface area (Å²) in [7, 11) is 0. The van der Waals surface area contributed by atoms with Crippen molar-refractivity contribution in [2.24, 2.45) is 5.92 Å². The summed E-state index contributed by atoms with van der Waals surface area (Å²) in [6.07, 6.45) is 0.704. The van der Waals surface area contributed by atoms with E-state index in [1.54, 1.807) is 32.0 Å². The van der Waals surface area contributed by atoms with E-state index in [1.165, 1.54) is 6.07 Å². The van der Waals surface area contributed by atoms with E-state index in [9.17, 15) is 19.7 Å². The van der Waals surface area contributed by atoms with Crippen LogP contribution >= 0.6 is 0 Å². The molecule has 1 fully saturated rings. The first-order valence-electron chi connectivity index (χ1n) is 8.69. The highest BCUT2D eigenvalue weighted by Gasteiger charge is 2.29. The normalized spacial score (nSPS) is 16.1. The van der Waals surface area contributed by atoms with Gasteiger partial charge in [0.1, 0.15) is 0 Å². The summed E-state index contributed by atoms with van der Waals surface area (Å²) < 4.78 is 10.4. The van der Waals surface area contributed by atoms with E-state index in [0.29, 0.717) is 31.6 Å². The molecule has 1 aliphatic rings. The topological polar surface area (TPSA) is 108 Å². The van der Waals surface area contributed by atoms with Crippen molar-refractivity contribution in [3.63, 3.8) is 0 Å². The molecule has 0 radical (unpaired) electrons. The van der Waals surface area contributed by atoms with Crippen LogP contribution in [-0.4, -0.2) is 36.1 Å². The largest absolute Gasteiger partial charge is 0.463 e. The van der Waals surface area contributed by atoms with Crippen molar-refractivity contribution >= 4 is 17.6 Å². The third-order valence-corrected chi connectivity index (χ3v) is 4.16. The molecule has 1 atom stereocenters. The number of carbonyl (C=O) groups excluding carboxylic acids is 2. The highest BCUT2D eigenvalue weighted by molar-refractivity contribution is 5.80. The lowest BCUT2D eigenvalue weighted by molar-refractivity contribution is -0.385. The number of nitrogens with one attached hydrogen (secondary N) is 1. The predicted octanol–water partition coefficient (Wildman–Crippen LogP) is 2.52. The van der Waals surface area contributed by atoms with Gasteiger partial charge in [0.15, 0.2) is 0 Å². The third-order valence-electron chi connectivity index (χ3n) is 4.16. The van der Waals surface area contributed by atoms with Gasteiger partial charge in [0, 0.05) is 25.2 Å². The van der Waals surface area contributed by atoms with E-state index in [-0.39, 0.29) is 30.0 Å². The average Bonchev–Trinajstić information content (AvgIpc) is 2.61. The maximum absolute atomic E-state index is 12.6. The fourth-order valence-corrected chi connectivity index (χ4v) is 2.91. The molecule has 26 heavy (non-hydrogen) atoms. The monoisotopic (exact) mass is 364 g/mol. The Kier molecular flexibility index (Phi) is 7.08. The Morgan fingerprint density at radius 1 is 1.31 bits per heavy atom. The van der Waals surface area contributed by atoms with Crippen LogP contribution in [0.1, 0.15) is 44.7 Å². The number of nitro benzene ring substituents is 1. The van der Waals surface area contributed by atoms with Gasteiger partial charge in [0.05, 0.1) is 29.1 Å². The van der Waals surface area contributed by atoms with Crippen molar-refractivity contribution in [3.8, 4) is 0 Å². The average molecular weight is 364 g/mol. The molecule has 8 nitrogen and oxygen atoms in total. The molecular weight excluding hydrogens is 340 g/mol. The van der Waals surface area contributed by atoms with Gasteiger partial charge in [-0.3, -0.25) is 19.7 Å². The minimum absolute atomic E-state index is 0.137. The van der Waals surface area contributed by atoms with Gasteiger partial charge < -0.3 is 14.8 Å². The predicted molar refractivity (Wildman–Crippen MR) is 93.4 cm³/mol. The highest BCUT2D eigenvalue weighted by Crippen LogP contribution is 2.28. The second kappa shape index (κ2) is 9.28. The smallest absolute Gasteiger partial charge is 0.308 e. The van der Waals surface area contributed by atoms with E-state index < -0.39 is 16.9 Å². The highest BCUT2D eigenvalue weighted by atomic mass is 16.6. The van der Waals surface area contributed by atoms with Gasteiger partial charge in [-0.15, -0.1) is 0 Å². The van der Waals surface area contributed by atoms with Crippen LogP contribution in [0.25, 0.3) is 0 Å². The van der Waals surface area contributed by atoms with E-state index in [0.717, 1.165) is 0 Å². The molecule has 0 aliphatic carbocycles. The number of esters is 1. The lowest BCUT2D eigenvalue weighted by Crippen LogP contribution is -2.38. The molecule has 8 heteroatoms. The molecule has 1 saturated heterocycles. The molecule has 0 spiro atoms. The maximum atomic E-state index is 12.6. The number of ether oxygens (including phenoxy) is 2. The second-order valence-corrected chi connectivity index (χ2v) is 6.51. The molecule has 1 aromatic carbocycles. The van der Waals surface area contributed by atoms with E-state index in [2.05, 4.69) is 5.32 Å². The Bertz CT molecular complexity index is 655. The zero-order chi connectivity index (χ0) is 19.1. The van der Waals surface area contributed by atoms with Crippen molar-refractivity contribution < 1.29 is 24.0 Å². The molecule has 1 heterocycles. The number of hydrogen-bond donors (Lipinski definition) is 1. The van der Waals surface area contributed by atoms with Gasteiger partial charge in [-0.1, -0.05) is 18.2 Å². The molecule has 0 aromatic heterocycles. The summed E-state index contributed by atoms with van der Waals surface area (Å²) in [6.45, 7) is 4.45. The third kappa shape index (κ3) is 5.52. The number of benzene rings is 1. The summed E-state index contributed by atoms with van der Waals surface area (Å²) in [4.78, 5) is 35.5. The number of para-hydroxylation sites is 1. The molecule has 0 bridgehead atoms. The fraction of sp³-hybridized carbons (Fsp3) is 0.556. The minimum Gasteiger partial charge on any atom is -0.463 e. The number of hydrogen-bond acceptors (Lipinski definition) is 6. The molecule has 1 amide bonds. The van der Waals surface area contributed by atoms with E-state index >= 15 is 0 Å². The number of rotatable bonds is 7. The van der Waals surface area contributed by atoms with Gasteiger partial charge in [-0.2, -0.15) is 0 Å². The minimum atomic E-state index is -0.821. The SMILES string of the molecule is CC(C)OC(=O)C[C@@H](NC(=O)C1CCOCC1)c1ccccc1[N+](=O)[O-]. The van der Waals surface area contributed by atoms with Crippen molar-refractivity contribution in [2.45, 2.75) is 45.3 Å². The summed E-state index contributed by atoms with van der Waals surface area (Å²) in [5.41, 5.74) is 0.153. The Hall–Kier alpha value is -2.48. The molecule has 1 aromatic rings. The van der Waals surface area contributed by atoms with Gasteiger partial charge >= 0.3 is 5.97 Å². The van der Waals surface area contributed by atoms with Gasteiger partial charge in [0.25, 0.3) is 5.69 Å². The number of carbonyl (C=O) groups is 2. The lowest BCUT2D eigenvalue weighted by Gasteiger charge is -2.25. The second-order valence-electron chi connectivity index (χ2n) is 6.51. The lowest BCUT2D eigenvalue weighted by atomic mass is 9.96. The number of amides is 1. The van der Waals surface area contributed by atoms with Crippen LogP contribution in [0.3, 0.4) is 0 Å². The summed E-state index contributed by atoms with van der Waals surface area (Å²) in [5.74, 6) is -0.973. The number of nitrogens with zero attached hydrogens (tertiary/aromatic N) is 1. The van der Waals surface area contributed by atoms with Gasteiger partial charge in [0.2, 0.25) is 5.91 Å². The van der Waals surface area contributed by atoms with Gasteiger partial charge in [-0.05, 0) is 26.7 Å². The van der Waals surface area contributed by atoms with Crippen molar-refractivity contribution in [1.29, 1.82) is 0 Å². The van der Waals surface area contributed by atoms with Crippen LogP contribution in [0.4, 0.5) is 5.69 Å². The zero-order valence-electron chi connectivity index (χ0n) is 15.0. The van der Waals surface area contributed by atoms with Crippen LogP contribution in [0.15, 0.2) is 24.3 Å². The van der Waals surface area contributed by atoms with Crippen LogP contribution in [0.2, 0.25) is 0 Å². The van der Waals surface area contributed by atoms with Crippen LogP contribution in [-0.2, 0) is 19.1 Å². The Morgan fingerprint density at radius 2 is 1.96 bits per heavy atom. The first-order valence-corrected chi connectivity index (χ1v) is 8.69. The Balaban J connectivity index is 2.22. The van der Waals surface area contributed by atoms with Crippen LogP contribution < -0.4 is 5.32 Å². The molecular formula is C18H24N2O6. The molecule has 1 aliphatic heterocycles. The Labute approximate surface area is 152 Å². The summed E-state index contributed by atoms with van der Waals surface area (Å²) in [6, 6.07) is 5.28. The maximum Gasteiger partial charge on any atom is 0.308 e. The quantitative estimate of drug-likeness (QED) is 0.452. The first kappa shape index (κ1) is 19.8. The van der Waals surface area contributed by atoms with Crippen molar-refractivity contribution in [1.82, 2.24) is 5.32 Å². The van der Waals surface area contributed by atoms with E-state index in [1.807, 2.05) is 0 Å². The molecule has 1 N–H and O–H groups in total. The Morgan fingerprint density at radius 3 is 2.58 bits per heavy atom. The first-order chi connectivity index (χ1) is 12.4. The number of nitro groups is 1.